The Labute approximate surface area is 136 Å². The largest absolute Gasteiger partial charge is 0.494 e. The highest BCUT2D eigenvalue weighted by molar-refractivity contribution is 5.92. The molecule has 2 aromatic carbocycles. The van der Waals surface area contributed by atoms with E-state index in [0.717, 1.165) is 17.1 Å². The molecule has 0 aliphatic carbocycles. The minimum absolute atomic E-state index is 0.0506. The summed E-state index contributed by atoms with van der Waals surface area (Å²) in [5.74, 6) is 1.13. The molecular weight excluding hydrogens is 292 g/mol. The number of carbonyl (C=O) groups excluding carboxylic acids is 1. The van der Waals surface area contributed by atoms with Gasteiger partial charge in [0.15, 0.2) is 6.61 Å². The van der Waals surface area contributed by atoms with Crippen LogP contribution in [0.5, 0.6) is 11.5 Å². The second-order valence-electron chi connectivity index (χ2n) is 5.19. The average molecular weight is 314 g/mol. The van der Waals surface area contributed by atoms with Gasteiger partial charge in [0.05, 0.1) is 6.61 Å². The first-order valence-electron chi connectivity index (χ1n) is 7.51. The van der Waals surface area contributed by atoms with Gasteiger partial charge in [-0.05, 0) is 43.3 Å². The molecule has 0 aromatic heterocycles. The quantitative estimate of drug-likeness (QED) is 0.853. The summed E-state index contributed by atoms with van der Waals surface area (Å²) in [4.78, 5) is 13.9. The summed E-state index contributed by atoms with van der Waals surface area (Å²) in [6.45, 7) is 2.46. The highest BCUT2D eigenvalue weighted by atomic mass is 16.5. The Morgan fingerprint density at radius 2 is 1.70 bits per heavy atom. The van der Waals surface area contributed by atoms with Gasteiger partial charge in [0.25, 0.3) is 5.91 Å². The van der Waals surface area contributed by atoms with Crippen molar-refractivity contribution in [3.8, 4) is 11.5 Å². The van der Waals surface area contributed by atoms with Gasteiger partial charge in [-0.25, -0.2) is 0 Å². The van der Waals surface area contributed by atoms with Gasteiger partial charge in [0.1, 0.15) is 11.5 Å². The van der Waals surface area contributed by atoms with Gasteiger partial charge in [0, 0.05) is 31.5 Å². The summed E-state index contributed by atoms with van der Waals surface area (Å²) in [5.41, 5.74) is 1.82. The fraction of sp³-hybridized carbons (Fsp3) is 0.278. The van der Waals surface area contributed by atoms with E-state index < -0.39 is 0 Å². The number of hydrogen-bond donors (Lipinski definition) is 1. The number of ether oxygens (including phenoxy) is 2. The van der Waals surface area contributed by atoms with E-state index >= 15 is 0 Å². The summed E-state index contributed by atoms with van der Waals surface area (Å²) in [5, 5.41) is 2.80. The Morgan fingerprint density at radius 3 is 2.30 bits per heavy atom. The van der Waals surface area contributed by atoms with Crippen LogP contribution in [0.4, 0.5) is 11.4 Å². The summed E-state index contributed by atoms with van der Waals surface area (Å²) in [6.07, 6.45) is 0. The first-order valence-corrected chi connectivity index (χ1v) is 7.51. The number of carbonyl (C=O) groups is 1. The minimum Gasteiger partial charge on any atom is -0.494 e. The van der Waals surface area contributed by atoms with Gasteiger partial charge < -0.3 is 19.7 Å². The zero-order chi connectivity index (χ0) is 16.7. The van der Waals surface area contributed by atoms with E-state index in [1.165, 1.54) is 0 Å². The molecule has 0 bridgehead atoms. The molecule has 2 rings (SSSR count). The van der Waals surface area contributed by atoms with Crippen molar-refractivity contribution >= 4 is 17.3 Å². The Bertz CT molecular complexity index is 639. The third-order valence-corrected chi connectivity index (χ3v) is 3.15. The highest BCUT2D eigenvalue weighted by Crippen LogP contribution is 2.19. The van der Waals surface area contributed by atoms with Crippen molar-refractivity contribution in [1.82, 2.24) is 0 Å². The molecule has 1 amide bonds. The van der Waals surface area contributed by atoms with Gasteiger partial charge in [-0.15, -0.1) is 0 Å². The van der Waals surface area contributed by atoms with E-state index in [-0.39, 0.29) is 12.5 Å². The highest BCUT2D eigenvalue weighted by Gasteiger charge is 2.05. The third kappa shape index (κ3) is 5.21. The zero-order valence-corrected chi connectivity index (χ0v) is 13.7. The van der Waals surface area contributed by atoms with E-state index in [1.807, 2.05) is 62.3 Å². The number of amides is 1. The van der Waals surface area contributed by atoms with Crippen LogP contribution in [0, 0.1) is 0 Å². The van der Waals surface area contributed by atoms with Crippen LogP contribution < -0.4 is 19.7 Å². The van der Waals surface area contributed by atoms with Crippen molar-refractivity contribution in [1.29, 1.82) is 0 Å². The second kappa shape index (κ2) is 8.08. The van der Waals surface area contributed by atoms with Gasteiger partial charge >= 0.3 is 0 Å². The number of rotatable bonds is 7. The van der Waals surface area contributed by atoms with E-state index in [2.05, 4.69) is 5.32 Å². The molecule has 122 valence electrons. The van der Waals surface area contributed by atoms with Crippen molar-refractivity contribution in [2.75, 3.05) is 37.5 Å². The maximum absolute atomic E-state index is 11.9. The van der Waals surface area contributed by atoms with Crippen LogP contribution in [0.3, 0.4) is 0 Å². The molecule has 0 spiro atoms. The van der Waals surface area contributed by atoms with Crippen molar-refractivity contribution in [3.63, 3.8) is 0 Å². The van der Waals surface area contributed by atoms with Crippen LogP contribution in [0.25, 0.3) is 0 Å². The SMILES string of the molecule is CCOc1cccc(OCC(=O)Nc2ccc(N(C)C)cc2)c1. The standard InChI is InChI=1S/C18H22N2O3/c1-4-22-16-6-5-7-17(12-16)23-13-18(21)19-14-8-10-15(11-9-14)20(2)3/h5-12H,4,13H2,1-3H3,(H,19,21). The molecular formula is C18H22N2O3. The number of hydrogen-bond acceptors (Lipinski definition) is 4. The Kier molecular flexibility index (Phi) is 5.86. The predicted molar refractivity (Wildman–Crippen MR) is 92.5 cm³/mol. The first kappa shape index (κ1) is 16.7. The fourth-order valence-corrected chi connectivity index (χ4v) is 2.01. The molecule has 0 saturated heterocycles. The molecule has 5 heteroatoms. The van der Waals surface area contributed by atoms with E-state index in [0.29, 0.717) is 12.4 Å². The smallest absolute Gasteiger partial charge is 0.262 e. The fourth-order valence-electron chi connectivity index (χ4n) is 2.01. The number of benzene rings is 2. The van der Waals surface area contributed by atoms with Gasteiger partial charge in [-0.2, -0.15) is 0 Å². The lowest BCUT2D eigenvalue weighted by Gasteiger charge is -2.13. The molecule has 0 aliphatic rings. The van der Waals surface area contributed by atoms with Crippen LogP contribution in [0.15, 0.2) is 48.5 Å². The van der Waals surface area contributed by atoms with Gasteiger partial charge in [0.2, 0.25) is 0 Å². The molecule has 0 unspecified atom stereocenters. The second-order valence-corrected chi connectivity index (χ2v) is 5.19. The van der Waals surface area contributed by atoms with Crippen molar-refractivity contribution in [2.45, 2.75) is 6.92 Å². The van der Waals surface area contributed by atoms with Crippen LogP contribution >= 0.6 is 0 Å². The average Bonchev–Trinajstić information content (AvgIpc) is 2.54. The van der Waals surface area contributed by atoms with Crippen LogP contribution in [-0.4, -0.2) is 33.2 Å². The van der Waals surface area contributed by atoms with Gasteiger partial charge in [-0.3, -0.25) is 4.79 Å². The normalized spacial score (nSPS) is 10.0. The Balaban J connectivity index is 1.86. The lowest BCUT2D eigenvalue weighted by Crippen LogP contribution is -2.20. The number of nitrogens with zero attached hydrogens (tertiary/aromatic N) is 1. The third-order valence-electron chi connectivity index (χ3n) is 3.15. The Hall–Kier alpha value is -2.69. The lowest BCUT2D eigenvalue weighted by atomic mass is 10.2. The molecule has 0 saturated carbocycles. The summed E-state index contributed by atoms with van der Waals surface area (Å²) in [7, 11) is 3.94. The van der Waals surface area contributed by atoms with Crippen molar-refractivity contribution in [2.24, 2.45) is 0 Å². The maximum Gasteiger partial charge on any atom is 0.262 e. The van der Waals surface area contributed by atoms with E-state index in [4.69, 9.17) is 9.47 Å². The van der Waals surface area contributed by atoms with E-state index in [9.17, 15) is 4.79 Å². The predicted octanol–water partition coefficient (Wildman–Crippen LogP) is 3.17. The lowest BCUT2D eigenvalue weighted by molar-refractivity contribution is -0.118. The molecule has 23 heavy (non-hydrogen) atoms. The summed E-state index contributed by atoms with van der Waals surface area (Å²) >= 11 is 0. The molecule has 0 aliphatic heterocycles. The topological polar surface area (TPSA) is 50.8 Å². The summed E-state index contributed by atoms with van der Waals surface area (Å²) in [6, 6.07) is 14.9. The van der Waals surface area contributed by atoms with Crippen molar-refractivity contribution < 1.29 is 14.3 Å². The first-order chi connectivity index (χ1) is 11.1. The maximum atomic E-state index is 11.9. The van der Waals surface area contributed by atoms with Crippen molar-refractivity contribution in [3.05, 3.63) is 48.5 Å². The molecule has 5 nitrogen and oxygen atoms in total. The zero-order valence-electron chi connectivity index (χ0n) is 13.7. The Morgan fingerprint density at radius 1 is 1.04 bits per heavy atom. The molecule has 0 heterocycles. The minimum atomic E-state index is -0.204. The van der Waals surface area contributed by atoms with Crippen LogP contribution in [-0.2, 0) is 4.79 Å². The molecule has 0 atom stereocenters. The number of nitrogens with one attached hydrogen (secondary N) is 1. The monoisotopic (exact) mass is 314 g/mol. The van der Waals surface area contributed by atoms with Crippen LogP contribution in [0.1, 0.15) is 6.92 Å². The molecule has 2 aromatic rings. The van der Waals surface area contributed by atoms with Gasteiger partial charge in [-0.1, -0.05) is 6.07 Å². The molecule has 0 fully saturated rings. The molecule has 0 radical (unpaired) electrons. The molecule has 1 N–H and O–H groups in total. The number of anilines is 2. The van der Waals surface area contributed by atoms with Crippen LogP contribution in [0.2, 0.25) is 0 Å². The van der Waals surface area contributed by atoms with E-state index in [1.54, 1.807) is 12.1 Å². The summed E-state index contributed by atoms with van der Waals surface area (Å²) < 4.78 is 10.9.